The van der Waals surface area contributed by atoms with Gasteiger partial charge < -0.3 is 4.57 Å². The summed E-state index contributed by atoms with van der Waals surface area (Å²) in [6.07, 6.45) is 4.92. The first-order valence-corrected chi connectivity index (χ1v) is 9.57. The Bertz CT molecular complexity index is 971. The molecule has 0 fully saturated rings. The van der Waals surface area contributed by atoms with Gasteiger partial charge in [0, 0.05) is 40.1 Å². The maximum absolute atomic E-state index is 11.9. The smallest absolute Gasteiger partial charge is 0.250 e. The van der Waals surface area contributed by atoms with Crippen LogP contribution >= 0.6 is 23.4 Å². The molecular weight excluding hydrogens is 382 g/mol. The number of thioether (sulfide) groups is 1. The fourth-order valence-corrected chi connectivity index (χ4v) is 3.41. The number of hydrazone groups is 1. The average Bonchev–Trinajstić information content (AvgIpc) is 2.94. The van der Waals surface area contributed by atoms with Gasteiger partial charge in [0.1, 0.15) is 0 Å². The molecule has 0 saturated carbocycles. The maximum Gasteiger partial charge on any atom is 0.250 e. The molecule has 0 saturated heterocycles. The van der Waals surface area contributed by atoms with E-state index in [4.69, 9.17) is 11.6 Å². The van der Waals surface area contributed by atoms with Gasteiger partial charge >= 0.3 is 0 Å². The van der Waals surface area contributed by atoms with Gasteiger partial charge in [0.2, 0.25) is 0 Å². The quantitative estimate of drug-likeness (QED) is 0.296. The van der Waals surface area contributed by atoms with Gasteiger partial charge in [-0.15, -0.1) is 0 Å². The molecule has 0 spiro atoms. The Labute approximate surface area is 166 Å². The van der Waals surface area contributed by atoms with Gasteiger partial charge in [-0.05, 0) is 44.2 Å². The third-order valence-electron chi connectivity index (χ3n) is 3.80. The highest BCUT2D eigenvalue weighted by molar-refractivity contribution is 7.99. The predicted octanol–water partition coefficient (Wildman–Crippen LogP) is 3.78. The summed E-state index contributed by atoms with van der Waals surface area (Å²) in [6.45, 7) is 4.01. The van der Waals surface area contributed by atoms with E-state index in [0.29, 0.717) is 10.2 Å². The number of rotatable bonds is 6. The molecule has 3 rings (SSSR count). The van der Waals surface area contributed by atoms with E-state index in [1.165, 1.54) is 11.8 Å². The lowest BCUT2D eigenvalue weighted by Crippen LogP contribution is -2.19. The van der Waals surface area contributed by atoms with Crippen molar-refractivity contribution in [1.82, 2.24) is 20.0 Å². The molecular formula is C19H18ClN5OS. The van der Waals surface area contributed by atoms with Crippen molar-refractivity contribution in [2.75, 3.05) is 5.75 Å². The number of amides is 1. The van der Waals surface area contributed by atoms with Crippen LogP contribution in [0, 0.1) is 13.8 Å². The van der Waals surface area contributed by atoms with Crippen LogP contribution in [0.25, 0.3) is 5.69 Å². The molecule has 8 heteroatoms. The highest BCUT2D eigenvalue weighted by Crippen LogP contribution is 2.22. The van der Waals surface area contributed by atoms with Gasteiger partial charge in [0.15, 0.2) is 5.16 Å². The standard InChI is InChI=1S/C19H18ClN5OS/c1-13-9-15(14(2)25(13)17-6-3-5-16(20)10-17)11-23-24-18(26)12-27-19-21-7-4-8-22-19/h3-11H,12H2,1-2H3,(H,24,26)/b23-11+. The Morgan fingerprint density at radius 3 is 2.78 bits per heavy atom. The fourth-order valence-electron chi connectivity index (χ4n) is 2.63. The Hall–Kier alpha value is -2.64. The molecule has 0 radical (unpaired) electrons. The number of nitrogens with one attached hydrogen (secondary N) is 1. The van der Waals surface area contributed by atoms with E-state index in [-0.39, 0.29) is 11.7 Å². The van der Waals surface area contributed by atoms with Gasteiger partial charge in [0.25, 0.3) is 5.91 Å². The van der Waals surface area contributed by atoms with Gasteiger partial charge in [0.05, 0.1) is 12.0 Å². The number of nitrogens with zero attached hydrogens (tertiary/aromatic N) is 4. The van der Waals surface area contributed by atoms with Gasteiger partial charge in [-0.2, -0.15) is 5.10 Å². The summed E-state index contributed by atoms with van der Waals surface area (Å²) in [5, 5.41) is 5.30. The van der Waals surface area contributed by atoms with E-state index in [1.807, 2.05) is 44.2 Å². The van der Waals surface area contributed by atoms with Crippen molar-refractivity contribution in [3.05, 3.63) is 70.8 Å². The molecule has 0 atom stereocenters. The number of carbonyl (C=O) groups excluding carboxylic acids is 1. The van der Waals surface area contributed by atoms with Crippen LogP contribution in [0.2, 0.25) is 5.02 Å². The van der Waals surface area contributed by atoms with Crippen molar-refractivity contribution in [2.24, 2.45) is 5.10 Å². The topological polar surface area (TPSA) is 72.2 Å². The lowest BCUT2D eigenvalue weighted by atomic mass is 10.2. The van der Waals surface area contributed by atoms with Crippen LogP contribution in [0.4, 0.5) is 0 Å². The average molecular weight is 400 g/mol. The molecule has 0 aliphatic carbocycles. The minimum absolute atomic E-state index is 0.197. The predicted molar refractivity (Wildman–Crippen MR) is 109 cm³/mol. The fraction of sp³-hybridized carbons (Fsp3) is 0.158. The van der Waals surface area contributed by atoms with Gasteiger partial charge in [-0.25, -0.2) is 15.4 Å². The largest absolute Gasteiger partial charge is 0.318 e. The van der Waals surface area contributed by atoms with E-state index < -0.39 is 0 Å². The van der Waals surface area contributed by atoms with E-state index in [9.17, 15) is 4.79 Å². The van der Waals surface area contributed by atoms with Crippen LogP contribution < -0.4 is 5.43 Å². The zero-order chi connectivity index (χ0) is 19.2. The number of hydrogen-bond donors (Lipinski definition) is 1. The second kappa shape index (κ2) is 8.83. The van der Waals surface area contributed by atoms with Crippen LogP contribution in [-0.2, 0) is 4.79 Å². The number of aromatic nitrogens is 3. The van der Waals surface area contributed by atoms with Gasteiger partial charge in [-0.1, -0.05) is 29.4 Å². The molecule has 0 aliphatic rings. The van der Waals surface area contributed by atoms with Gasteiger partial charge in [-0.3, -0.25) is 4.79 Å². The molecule has 138 valence electrons. The monoisotopic (exact) mass is 399 g/mol. The van der Waals surface area contributed by atoms with Crippen molar-refractivity contribution >= 4 is 35.5 Å². The summed E-state index contributed by atoms with van der Waals surface area (Å²) in [5.41, 5.74) is 6.51. The Kier molecular flexibility index (Phi) is 6.26. The highest BCUT2D eigenvalue weighted by Gasteiger charge is 2.10. The zero-order valence-electron chi connectivity index (χ0n) is 14.9. The lowest BCUT2D eigenvalue weighted by Gasteiger charge is -2.09. The zero-order valence-corrected chi connectivity index (χ0v) is 16.5. The van der Waals surface area contributed by atoms with Crippen molar-refractivity contribution in [1.29, 1.82) is 0 Å². The van der Waals surface area contributed by atoms with E-state index >= 15 is 0 Å². The van der Waals surface area contributed by atoms with Crippen molar-refractivity contribution < 1.29 is 4.79 Å². The molecule has 1 N–H and O–H groups in total. The summed E-state index contributed by atoms with van der Waals surface area (Å²) in [5.74, 6) is -0.0181. The summed E-state index contributed by atoms with van der Waals surface area (Å²) in [7, 11) is 0. The maximum atomic E-state index is 11.9. The first-order valence-electron chi connectivity index (χ1n) is 8.21. The van der Waals surface area contributed by atoms with E-state index in [0.717, 1.165) is 22.6 Å². The van der Waals surface area contributed by atoms with Crippen LogP contribution in [0.15, 0.2) is 59.0 Å². The second-order valence-corrected chi connectivity index (χ2v) is 7.13. The number of carbonyl (C=O) groups is 1. The minimum Gasteiger partial charge on any atom is -0.318 e. The van der Waals surface area contributed by atoms with Crippen molar-refractivity contribution in [3.8, 4) is 5.69 Å². The summed E-state index contributed by atoms with van der Waals surface area (Å²) in [4.78, 5) is 20.0. The Morgan fingerprint density at radius 1 is 1.26 bits per heavy atom. The van der Waals surface area contributed by atoms with Crippen LogP contribution in [0.1, 0.15) is 17.0 Å². The van der Waals surface area contributed by atoms with Crippen molar-refractivity contribution in [2.45, 2.75) is 19.0 Å². The second-order valence-electron chi connectivity index (χ2n) is 5.75. The first kappa shape index (κ1) is 19.1. The molecule has 0 aliphatic heterocycles. The molecule has 27 heavy (non-hydrogen) atoms. The SMILES string of the molecule is Cc1cc(/C=N/NC(=O)CSc2ncccn2)c(C)n1-c1cccc(Cl)c1. The third-order valence-corrected chi connectivity index (χ3v) is 4.91. The highest BCUT2D eigenvalue weighted by atomic mass is 35.5. The molecule has 0 unspecified atom stereocenters. The summed E-state index contributed by atoms with van der Waals surface area (Å²) < 4.78 is 2.09. The summed E-state index contributed by atoms with van der Waals surface area (Å²) >= 11 is 7.36. The minimum atomic E-state index is -0.215. The summed E-state index contributed by atoms with van der Waals surface area (Å²) in [6, 6.07) is 11.4. The molecule has 2 heterocycles. The van der Waals surface area contributed by atoms with Crippen molar-refractivity contribution in [3.63, 3.8) is 0 Å². The number of benzene rings is 1. The van der Waals surface area contributed by atoms with Crippen LogP contribution in [0.3, 0.4) is 0 Å². The Balaban J connectivity index is 1.64. The number of halogens is 1. The Morgan fingerprint density at radius 2 is 2.04 bits per heavy atom. The molecule has 2 aromatic heterocycles. The first-order chi connectivity index (χ1) is 13.0. The molecule has 1 aromatic carbocycles. The van der Waals surface area contributed by atoms with Crippen LogP contribution in [-0.4, -0.2) is 32.4 Å². The number of aryl methyl sites for hydroxylation is 1. The lowest BCUT2D eigenvalue weighted by molar-refractivity contribution is -0.118. The van der Waals surface area contributed by atoms with Crippen LogP contribution in [0.5, 0.6) is 0 Å². The van der Waals surface area contributed by atoms with E-state index in [1.54, 1.807) is 24.7 Å². The normalized spacial score (nSPS) is 11.1. The molecule has 1 amide bonds. The third kappa shape index (κ3) is 4.96. The number of hydrogen-bond acceptors (Lipinski definition) is 5. The molecule has 6 nitrogen and oxygen atoms in total. The molecule has 3 aromatic rings. The van der Waals surface area contributed by atoms with E-state index in [2.05, 4.69) is 25.1 Å². The molecule has 0 bridgehead atoms.